The summed E-state index contributed by atoms with van der Waals surface area (Å²) in [5.74, 6) is -0.0625. The minimum Gasteiger partial charge on any atom is -0.495 e. The number of ether oxygens (including phenoxy) is 3. The summed E-state index contributed by atoms with van der Waals surface area (Å²) < 4.78 is 41.6. The third-order valence-corrected chi connectivity index (χ3v) is 7.09. The van der Waals surface area contributed by atoms with E-state index in [2.05, 4.69) is 14.8 Å². The number of carbonyl (C=O) groups excluding carboxylic acids is 1. The van der Waals surface area contributed by atoms with Crippen LogP contribution in [0.15, 0.2) is 53.2 Å². The van der Waals surface area contributed by atoms with Crippen LogP contribution < -0.4 is 14.8 Å². The van der Waals surface area contributed by atoms with Crippen molar-refractivity contribution in [2.24, 2.45) is 11.3 Å². The van der Waals surface area contributed by atoms with E-state index in [9.17, 15) is 23.8 Å². The summed E-state index contributed by atoms with van der Waals surface area (Å²) in [6.07, 6.45) is 0.548. The fourth-order valence-electron chi connectivity index (χ4n) is 5.19. The second kappa shape index (κ2) is 8.21. The van der Waals surface area contributed by atoms with Gasteiger partial charge in [-0.1, -0.05) is 32.9 Å². The zero-order valence-corrected chi connectivity index (χ0v) is 20.6. The molecule has 2 atom stereocenters. The number of hydrogen-bond donors (Lipinski definition) is 3. The minimum atomic E-state index is -3.72. The monoisotopic (exact) mass is 504 g/mol. The number of carbonyl (C=O) groups is 1. The van der Waals surface area contributed by atoms with E-state index >= 15 is 0 Å². The Morgan fingerprint density at radius 1 is 1.28 bits per heavy atom. The van der Waals surface area contributed by atoms with E-state index in [1.165, 1.54) is 19.2 Å². The highest BCUT2D eigenvalue weighted by molar-refractivity contribution is 5.92. The smallest absolute Gasteiger partial charge is 0.495 e. The molecule has 0 aromatic heterocycles. The topological polar surface area (TPSA) is 100 Å². The largest absolute Gasteiger partial charge is 0.586 e. The van der Waals surface area contributed by atoms with Crippen molar-refractivity contribution in [1.82, 2.24) is 10.2 Å². The van der Waals surface area contributed by atoms with Crippen LogP contribution in [0, 0.1) is 11.3 Å². The van der Waals surface area contributed by atoms with Crippen molar-refractivity contribution in [3.8, 4) is 11.5 Å². The second-order valence-corrected chi connectivity index (χ2v) is 10.6. The van der Waals surface area contributed by atoms with Crippen molar-refractivity contribution in [2.75, 3.05) is 13.7 Å². The van der Waals surface area contributed by atoms with Crippen LogP contribution in [0.5, 0.6) is 11.5 Å². The molecule has 0 saturated heterocycles. The molecule has 0 bridgehead atoms. The number of alkyl halides is 2. The molecule has 1 fully saturated rings. The van der Waals surface area contributed by atoms with Crippen LogP contribution in [0.3, 0.4) is 0 Å². The molecular weight excluding hydrogens is 474 g/mol. The molecule has 8 nitrogen and oxygen atoms in total. The number of amides is 1. The maximum Gasteiger partial charge on any atom is 0.586 e. The molecule has 5 rings (SSSR count). The van der Waals surface area contributed by atoms with E-state index in [1.54, 1.807) is 17.0 Å². The number of halogens is 2. The Morgan fingerprint density at radius 2 is 1.97 bits per heavy atom. The van der Waals surface area contributed by atoms with E-state index in [-0.39, 0.29) is 28.7 Å². The molecule has 194 valence electrons. The van der Waals surface area contributed by atoms with Gasteiger partial charge >= 0.3 is 6.29 Å². The first-order chi connectivity index (χ1) is 16.9. The van der Waals surface area contributed by atoms with Gasteiger partial charge in [-0.2, -0.15) is 0 Å². The Labute approximate surface area is 207 Å². The minimum absolute atomic E-state index is 0.0605. The molecule has 2 aliphatic carbocycles. The van der Waals surface area contributed by atoms with Crippen molar-refractivity contribution in [2.45, 2.75) is 58.0 Å². The number of fused-ring (bicyclic) bond motifs is 2. The van der Waals surface area contributed by atoms with Gasteiger partial charge in [-0.05, 0) is 37.0 Å². The first-order valence-electron chi connectivity index (χ1n) is 11.9. The van der Waals surface area contributed by atoms with Gasteiger partial charge in [0.05, 0.1) is 24.8 Å². The summed E-state index contributed by atoms with van der Waals surface area (Å²) in [4.78, 5) is 15.1. The lowest BCUT2D eigenvalue weighted by atomic mass is 9.89. The van der Waals surface area contributed by atoms with Crippen LogP contribution in [0.4, 0.5) is 8.78 Å². The Morgan fingerprint density at radius 3 is 2.58 bits per heavy atom. The van der Waals surface area contributed by atoms with Crippen molar-refractivity contribution in [1.29, 1.82) is 0 Å². The first kappa shape index (κ1) is 24.6. The van der Waals surface area contributed by atoms with Gasteiger partial charge in [0.25, 0.3) is 0 Å². The van der Waals surface area contributed by atoms with E-state index in [4.69, 9.17) is 4.74 Å². The molecule has 0 radical (unpaired) electrons. The maximum atomic E-state index is 13.4. The number of methoxy groups -OCH3 is 1. The van der Waals surface area contributed by atoms with Crippen molar-refractivity contribution in [3.63, 3.8) is 0 Å². The number of hydrogen-bond acceptors (Lipinski definition) is 7. The molecule has 1 unspecified atom stereocenters. The van der Waals surface area contributed by atoms with Crippen LogP contribution in [-0.2, 0) is 14.9 Å². The van der Waals surface area contributed by atoms with Crippen molar-refractivity contribution >= 4 is 5.91 Å². The van der Waals surface area contributed by atoms with Gasteiger partial charge in [-0.25, -0.2) is 0 Å². The summed E-state index contributed by atoms with van der Waals surface area (Å²) in [5, 5.41) is 23.3. The molecule has 36 heavy (non-hydrogen) atoms. The van der Waals surface area contributed by atoms with Crippen LogP contribution in [0.2, 0.25) is 0 Å². The number of nitrogens with one attached hydrogen (secondary N) is 1. The van der Waals surface area contributed by atoms with Gasteiger partial charge in [-0.15, -0.1) is 8.78 Å². The number of rotatable bonds is 6. The highest BCUT2D eigenvalue weighted by Crippen LogP contribution is 2.52. The Bertz CT molecular complexity index is 1200. The maximum absolute atomic E-state index is 13.4. The van der Waals surface area contributed by atoms with Gasteiger partial charge in [-0.3, -0.25) is 4.79 Å². The predicted molar refractivity (Wildman–Crippen MR) is 124 cm³/mol. The molecule has 1 amide bonds. The van der Waals surface area contributed by atoms with Gasteiger partial charge in [0.2, 0.25) is 5.91 Å². The van der Waals surface area contributed by atoms with E-state index < -0.39 is 24.5 Å². The predicted octanol–water partition coefficient (Wildman–Crippen LogP) is 3.47. The SMILES string of the molecule is COC1=C2C(C=C(C(C)(C)C)N2[C@@H](O)CO)CC(NC(=O)C2(c3ccc4c(c3)OC(F)(F)O4)CC2)=C1. The second-order valence-electron chi connectivity index (χ2n) is 10.6. The fraction of sp³-hybridized carbons (Fsp3) is 0.500. The van der Waals surface area contributed by atoms with Crippen molar-refractivity contribution in [3.05, 3.63) is 58.8 Å². The lowest BCUT2D eigenvalue weighted by molar-refractivity contribution is -0.286. The summed E-state index contributed by atoms with van der Waals surface area (Å²) >= 11 is 0. The lowest BCUT2D eigenvalue weighted by Crippen LogP contribution is -2.40. The molecule has 3 N–H and O–H groups in total. The third kappa shape index (κ3) is 4.02. The molecule has 2 heterocycles. The van der Waals surface area contributed by atoms with Crippen LogP contribution in [-0.4, -0.2) is 47.3 Å². The quantitative estimate of drug-likeness (QED) is 0.546. The van der Waals surface area contributed by atoms with Crippen LogP contribution in [0.1, 0.15) is 45.6 Å². The van der Waals surface area contributed by atoms with E-state index in [0.29, 0.717) is 36.3 Å². The Hall–Kier alpha value is -3.11. The van der Waals surface area contributed by atoms with Gasteiger partial charge in [0.15, 0.2) is 17.7 Å². The number of aliphatic hydroxyl groups excluding tert-OH is 2. The average Bonchev–Trinajstić information content (AvgIpc) is 3.43. The van der Waals surface area contributed by atoms with Gasteiger partial charge in [0, 0.05) is 28.8 Å². The summed E-state index contributed by atoms with van der Waals surface area (Å²) in [5.41, 5.74) is 1.68. The molecule has 1 saturated carbocycles. The molecule has 10 heteroatoms. The molecule has 1 aromatic rings. The van der Waals surface area contributed by atoms with Crippen molar-refractivity contribution < 1.29 is 38.0 Å². The third-order valence-electron chi connectivity index (χ3n) is 7.09. The summed E-state index contributed by atoms with van der Waals surface area (Å²) in [6, 6.07) is 4.46. The molecule has 1 aromatic carbocycles. The summed E-state index contributed by atoms with van der Waals surface area (Å²) in [6.45, 7) is 5.62. The number of benzene rings is 1. The number of aliphatic hydroxyl groups is 2. The Balaban J connectivity index is 1.41. The lowest BCUT2D eigenvalue weighted by Gasteiger charge is -2.37. The zero-order valence-electron chi connectivity index (χ0n) is 20.6. The normalized spacial score (nSPS) is 24.1. The Kier molecular flexibility index (Phi) is 5.60. The molecular formula is C26H30F2N2O6. The molecule has 0 spiro atoms. The number of allylic oxidation sites excluding steroid dienone is 4. The van der Waals surface area contributed by atoms with Crippen LogP contribution in [0.25, 0.3) is 0 Å². The first-order valence-corrected chi connectivity index (χ1v) is 11.9. The summed E-state index contributed by atoms with van der Waals surface area (Å²) in [7, 11) is 1.52. The zero-order chi connectivity index (χ0) is 26.0. The van der Waals surface area contributed by atoms with Gasteiger partial charge in [0.1, 0.15) is 5.76 Å². The van der Waals surface area contributed by atoms with E-state index in [1.807, 2.05) is 26.8 Å². The highest BCUT2D eigenvalue weighted by Gasteiger charge is 2.53. The average molecular weight is 505 g/mol. The van der Waals surface area contributed by atoms with Crippen LogP contribution >= 0.6 is 0 Å². The standard InChI is InChI=1S/C26H30F2N2O6/c1-24(2,3)20-10-14-9-16(12-19(34-4)22(14)30(20)21(32)13-31)29-23(33)25(7-8-25)15-5-6-17-18(11-15)36-26(27,28)35-17/h5-6,10-12,14,21,31-32H,7-9,13H2,1-4H3,(H,29,33)/t14?,21-/m0/s1. The van der Waals surface area contributed by atoms with E-state index in [0.717, 1.165) is 11.4 Å². The molecule has 4 aliphatic rings. The van der Waals surface area contributed by atoms with Gasteiger partial charge < -0.3 is 34.6 Å². The number of nitrogens with zero attached hydrogens (tertiary/aromatic N) is 1. The fourth-order valence-corrected chi connectivity index (χ4v) is 5.19. The molecule has 2 aliphatic heterocycles. The highest BCUT2D eigenvalue weighted by atomic mass is 19.3.